The summed E-state index contributed by atoms with van der Waals surface area (Å²) in [6, 6.07) is 12.9. The van der Waals surface area contributed by atoms with Gasteiger partial charge in [-0.2, -0.15) is 0 Å². The molecular formula is C27H29NS. The van der Waals surface area contributed by atoms with Gasteiger partial charge in [-0.1, -0.05) is 58.0 Å². The number of rotatable bonds is 1. The average molecular weight is 400 g/mol. The van der Waals surface area contributed by atoms with E-state index in [2.05, 4.69) is 77.9 Å². The molecule has 148 valence electrons. The first kappa shape index (κ1) is 18.8. The molecule has 0 unspecified atom stereocenters. The molecule has 29 heavy (non-hydrogen) atoms. The quantitative estimate of drug-likeness (QED) is 0.315. The van der Waals surface area contributed by atoms with Crippen molar-refractivity contribution in [3.05, 3.63) is 64.8 Å². The van der Waals surface area contributed by atoms with Gasteiger partial charge < -0.3 is 0 Å². The van der Waals surface area contributed by atoms with Crippen molar-refractivity contribution in [1.82, 2.24) is 4.98 Å². The van der Waals surface area contributed by atoms with Gasteiger partial charge in [-0.25, -0.2) is 0 Å². The van der Waals surface area contributed by atoms with Gasteiger partial charge in [0.25, 0.3) is 0 Å². The molecule has 2 aromatic heterocycles. The fourth-order valence-corrected chi connectivity index (χ4v) is 6.78. The number of benzene rings is 2. The fourth-order valence-electron chi connectivity index (χ4n) is 5.41. The second kappa shape index (κ2) is 6.15. The second-order valence-corrected chi connectivity index (χ2v) is 11.0. The maximum absolute atomic E-state index is 4.81. The van der Waals surface area contributed by atoms with Crippen LogP contribution < -0.4 is 0 Å². The average Bonchev–Trinajstić information content (AvgIpc) is 3.08. The van der Waals surface area contributed by atoms with Gasteiger partial charge in [0, 0.05) is 27.2 Å². The smallest absolute Gasteiger partial charge is 0.0880 e. The number of aryl methyl sites for hydroxylation is 1. The molecule has 0 spiro atoms. The lowest BCUT2D eigenvalue weighted by molar-refractivity contribution is 0.333. The number of fused-ring (bicyclic) bond motifs is 5. The largest absolute Gasteiger partial charge is 0.255 e. The summed E-state index contributed by atoms with van der Waals surface area (Å²) in [6.45, 7) is 14.4. The van der Waals surface area contributed by atoms with E-state index in [4.69, 9.17) is 4.98 Å². The van der Waals surface area contributed by atoms with E-state index in [9.17, 15) is 0 Å². The van der Waals surface area contributed by atoms with Crippen molar-refractivity contribution in [2.45, 2.75) is 65.2 Å². The molecule has 0 saturated heterocycles. The van der Waals surface area contributed by atoms with Gasteiger partial charge in [-0.3, -0.25) is 4.98 Å². The monoisotopic (exact) mass is 399 g/mol. The van der Waals surface area contributed by atoms with Crippen molar-refractivity contribution in [1.29, 1.82) is 0 Å². The van der Waals surface area contributed by atoms with Crippen LogP contribution in [-0.2, 0) is 10.8 Å². The Morgan fingerprint density at radius 1 is 0.793 bits per heavy atom. The highest BCUT2D eigenvalue weighted by Gasteiger charge is 2.40. The van der Waals surface area contributed by atoms with E-state index in [1.807, 2.05) is 17.5 Å². The molecule has 0 bridgehead atoms. The van der Waals surface area contributed by atoms with Crippen LogP contribution in [0.1, 0.15) is 62.8 Å². The van der Waals surface area contributed by atoms with Gasteiger partial charge >= 0.3 is 0 Å². The van der Waals surface area contributed by atoms with Crippen molar-refractivity contribution >= 4 is 31.5 Å². The summed E-state index contributed by atoms with van der Waals surface area (Å²) in [6.07, 6.45) is 4.48. The van der Waals surface area contributed by atoms with Crippen LogP contribution in [0, 0.1) is 13.8 Å². The highest BCUT2D eigenvalue weighted by molar-refractivity contribution is 7.26. The zero-order valence-corrected chi connectivity index (χ0v) is 19.1. The molecule has 1 aliphatic rings. The van der Waals surface area contributed by atoms with E-state index in [0.29, 0.717) is 0 Å². The Morgan fingerprint density at radius 2 is 1.45 bits per heavy atom. The molecule has 0 fully saturated rings. The molecule has 0 saturated carbocycles. The predicted molar refractivity (Wildman–Crippen MR) is 127 cm³/mol. The molecule has 0 atom stereocenters. The third-order valence-corrected chi connectivity index (χ3v) is 8.49. The third kappa shape index (κ3) is 2.61. The number of aromatic nitrogens is 1. The van der Waals surface area contributed by atoms with E-state index < -0.39 is 0 Å². The Labute approximate surface area is 177 Å². The zero-order valence-electron chi connectivity index (χ0n) is 18.3. The molecule has 0 aliphatic heterocycles. The Balaban J connectivity index is 1.99. The minimum Gasteiger partial charge on any atom is -0.255 e. The maximum atomic E-state index is 4.81. The minimum atomic E-state index is 0.186. The number of thiophene rings is 1. The number of hydrogen-bond acceptors (Lipinski definition) is 2. The molecule has 0 N–H and O–H groups in total. The van der Waals surface area contributed by atoms with Crippen molar-refractivity contribution in [2.75, 3.05) is 0 Å². The highest BCUT2D eigenvalue weighted by Crippen LogP contribution is 2.54. The molecule has 4 aromatic rings. The molecule has 2 heterocycles. The van der Waals surface area contributed by atoms with Crippen LogP contribution in [-0.4, -0.2) is 4.98 Å². The summed E-state index contributed by atoms with van der Waals surface area (Å²) in [5.74, 6) is 0. The third-order valence-electron chi connectivity index (χ3n) is 7.16. The number of hydrogen-bond donors (Lipinski definition) is 0. The van der Waals surface area contributed by atoms with Gasteiger partial charge in [0.2, 0.25) is 0 Å². The Morgan fingerprint density at radius 3 is 2.14 bits per heavy atom. The summed E-state index contributed by atoms with van der Waals surface area (Å²) < 4.78 is 2.77. The summed E-state index contributed by atoms with van der Waals surface area (Å²) in [4.78, 5) is 4.81. The van der Waals surface area contributed by atoms with E-state index in [1.54, 1.807) is 11.1 Å². The van der Waals surface area contributed by atoms with Crippen molar-refractivity contribution in [3.8, 4) is 11.3 Å². The number of pyridine rings is 1. The summed E-state index contributed by atoms with van der Waals surface area (Å²) in [5, 5.41) is 2.87. The molecule has 1 aliphatic carbocycles. The van der Waals surface area contributed by atoms with E-state index in [0.717, 1.165) is 5.69 Å². The Kier molecular flexibility index (Phi) is 3.99. The van der Waals surface area contributed by atoms with Crippen LogP contribution in [0.5, 0.6) is 0 Å². The SMILES string of the molecule is Cc1c2c(c3c(sc4c(-c5ccccc5)nccc43)c1C)C(C)(C)CCC2(C)C. The second-order valence-electron chi connectivity index (χ2n) is 9.98. The van der Waals surface area contributed by atoms with Crippen molar-refractivity contribution < 1.29 is 0 Å². The van der Waals surface area contributed by atoms with Gasteiger partial charge in [0.1, 0.15) is 0 Å². The molecule has 2 heteroatoms. The first-order valence-corrected chi connectivity index (χ1v) is 11.4. The Hall–Kier alpha value is -2.19. The molecule has 0 amide bonds. The minimum absolute atomic E-state index is 0.186. The lowest BCUT2D eigenvalue weighted by Gasteiger charge is -2.44. The topological polar surface area (TPSA) is 12.9 Å². The lowest BCUT2D eigenvalue weighted by atomic mass is 9.60. The van der Waals surface area contributed by atoms with Crippen LogP contribution in [0.4, 0.5) is 0 Å². The van der Waals surface area contributed by atoms with Crippen LogP contribution in [0.15, 0.2) is 42.6 Å². The van der Waals surface area contributed by atoms with Gasteiger partial charge in [-0.15, -0.1) is 11.3 Å². The summed E-state index contributed by atoms with van der Waals surface area (Å²) in [5.41, 5.74) is 8.84. The summed E-state index contributed by atoms with van der Waals surface area (Å²) >= 11 is 1.94. The van der Waals surface area contributed by atoms with Crippen molar-refractivity contribution in [3.63, 3.8) is 0 Å². The van der Waals surface area contributed by atoms with Crippen LogP contribution in [0.25, 0.3) is 31.4 Å². The Bertz CT molecular complexity index is 1260. The van der Waals surface area contributed by atoms with Crippen molar-refractivity contribution in [2.24, 2.45) is 0 Å². The number of nitrogens with zero attached hydrogens (tertiary/aromatic N) is 1. The van der Waals surface area contributed by atoms with Gasteiger partial charge in [0.05, 0.1) is 10.4 Å². The molecule has 2 aromatic carbocycles. The van der Waals surface area contributed by atoms with Crippen LogP contribution >= 0.6 is 11.3 Å². The molecule has 0 radical (unpaired) electrons. The predicted octanol–water partition coefficient (Wildman–Crippen LogP) is 8.08. The fraction of sp³-hybridized carbons (Fsp3) is 0.370. The van der Waals surface area contributed by atoms with Gasteiger partial charge in [0.15, 0.2) is 0 Å². The molecular weight excluding hydrogens is 370 g/mol. The summed E-state index contributed by atoms with van der Waals surface area (Å²) in [7, 11) is 0. The molecule has 5 rings (SSSR count). The van der Waals surface area contributed by atoms with Crippen LogP contribution in [0.3, 0.4) is 0 Å². The van der Waals surface area contributed by atoms with Crippen LogP contribution in [0.2, 0.25) is 0 Å². The normalized spacial score (nSPS) is 17.6. The highest BCUT2D eigenvalue weighted by atomic mass is 32.1. The van der Waals surface area contributed by atoms with E-state index in [1.165, 1.54) is 49.7 Å². The standard InChI is InChI=1S/C27H29NS/c1-16-17(2)24-20(22-21(16)26(3,4)13-14-27(22,5)6)19-12-15-28-23(25(19)29-24)18-10-8-7-9-11-18/h7-12,15H,13-14H2,1-6H3. The van der Waals surface area contributed by atoms with E-state index in [-0.39, 0.29) is 10.8 Å². The zero-order chi connectivity index (χ0) is 20.6. The first-order valence-electron chi connectivity index (χ1n) is 10.6. The van der Waals surface area contributed by atoms with E-state index >= 15 is 0 Å². The van der Waals surface area contributed by atoms with Gasteiger partial charge in [-0.05, 0) is 65.8 Å². The first-order chi connectivity index (χ1) is 13.7. The maximum Gasteiger partial charge on any atom is 0.0880 e. The molecule has 1 nitrogen and oxygen atoms in total. The lowest BCUT2D eigenvalue weighted by Crippen LogP contribution is -2.35.